The van der Waals surface area contributed by atoms with Crippen LogP contribution >= 0.6 is 0 Å². The third-order valence-corrected chi connectivity index (χ3v) is 13.6. The molecule has 1 aromatic heterocycles. The summed E-state index contributed by atoms with van der Waals surface area (Å²) >= 11 is 0. The molecule has 9 aromatic carbocycles. The van der Waals surface area contributed by atoms with Gasteiger partial charge in [0.15, 0.2) is 5.82 Å². The molecule has 292 valence electrons. The van der Waals surface area contributed by atoms with Gasteiger partial charge in [0.2, 0.25) is 0 Å². The molecule has 2 aliphatic carbocycles. The number of fused-ring (bicyclic) bond motifs is 7. The zero-order valence-corrected chi connectivity index (χ0v) is 34.7. The Balaban J connectivity index is 1.09. The van der Waals surface area contributed by atoms with E-state index in [2.05, 4.69) is 226 Å². The highest BCUT2D eigenvalue weighted by Crippen LogP contribution is 2.59. The molecule has 0 N–H and O–H groups in total. The van der Waals surface area contributed by atoms with Crippen LogP contribution in [0.1, 0.15) is 47.2 Å². The zero-order valence-electron chi connectivity index (χ0n) is 34.7. The molecule has 10 aromatic rings. The Morgan fingerprint density at radius 2 is 0.774 bits per heavy atom. The van der Waals surface area contributed by atoms with Gasteiger partial charge in [0.05, 0.1) is 16.8 Å². The number of benzene rings is 9. The van der Waals surface area contributed by atoms with Crippen LogP contribution in [0.4, 0.5) is 0 Å². The predicted octanol–water partition coefficient (Wildman–Crippen LogP) is 15.0. The highest BCUT2D eigenvalue weighted by atomic mass is 14.9. The first kappa shape index (κ1) is 36.2. The molecule has 0 unspecified atom stereocenters. The third kappa shape index (κ3) is 5.23. The molecule has 0 saturated carbocycles. The van der Waals surface area contributed by atoms with Crippen LogP contribution < -0.4 is 0 Å². The average Bonchev–Trinajstić information content (AvgIpc) is 3.78. The summed E-state index contributed by atoms with van der Waals surface area (Å²) in [5, 5.41) is 2.34. The number of nitrogens with zero attached hydrogens (tertiary/aromatic N) is 2. The van der Waals surface area contributed by atoms with Gasteiger partial charge in [-0.15, -0.1) is 0 Å². The molecule has 2 heteroatoms. The van der Waals surface area contributed by atoms with Crippen molar-refractivity contribution in [2.45, 2.75) is 24.7 Å². The molecule has 0 bridgehead atoms. The molecule has 0 spiro atoms. The van der Waals surface area contributed by atoms with Gasteiger partial charge in [-0.3, -0.25) is 0 Å². The summed E-state index contributed by atoms with van der Waals surface area (Å²) in [6, 6.07) is 79.6. The van der Waals surface area contributed by atoms with Crippen LogP contribution in [-0.4, -0.2) is 9.97 Å². The fraction of sp³-hybridized carbons (Fsp3) is 0.0667. The molecular formula is C60H42N2. The molecule has 0 atom stereocenters. The summed E-state index contributed by atoms with van der Waals surface area (Å²) < 4.78 is 0. The fourth-order valence-corrected chi connectivity index (χ4v) is 10.9. The lowest BCUT2D eigenvalue weighted by atomic mass is 9.67. The second-order valence-corrected chi connectivity index (χ2v) is 17.2. The minimum Gasteiger partial charge on any atom is -0.228 e. The maximum atomic E-state index is 5.38. The molecule has 62 heavy (non-hydrogen) atoms. The van der Waals surface area contributed by atoms with E-state index in [1.54, 1.807) is 0 Å². The molecule has 0 aliphatic heterocycles. The van der Waals surface area contributed by atoms with E-state index in [1.165, 1.54) is 72.1 Å². The van der Waals surface area contributed by atoms with Crippen LogP contribution in [0.3, 0.4) is 0 Å². The number of hydrogen-bond donors (Lipinski definition) is 0. The molecule has 0 amide bonds. The van der Waals surface area contributed by atoms with Crippen molar-refractivity contribution in [2.24, 2.45) is 0 Å². The van der Waals surface area contributed by atoms with Gasteiger partial charge in [-0.1, -0.05) is 226 Å². The Labute approximate surface area is 362 Å². The number of aromatic nitrogens is 2. The lowest BCUT2D eigenvalue weighted by molar-refractivity contribution is 0.660. The van der Waals surface area contributed by atoms with Crippen molar-refractivity contribution in [3.8, 4) is 67.3 Å². The van der Waals surface area contributed by atoms with Crippen molar-refractivity contribution in [3.05, 3.63) is 252 Å². The smallest absolute Gasteiger partial charge is 0.160 e. The highest BCUT2D eigenvalue weighted by Gasteiger charge is 2.47. The molecule has 0 saturated heterocycles. The van der Waals surface area contributed by atoms with Crippen molar-refractivity contribution < 1.29 is 0 Å². The third-order valence-electron chi connectivity index (χ3n) is 13.6. The van der Waals surface area contributed by atoms with Gasteiger partial charge in [0.1, 0.15) is 0 Å². The SMILES string of the molecule is CC1(C)c2ccccc2-c2c(-c3cc(-c4ccc(-c5cccc6c5-c5ccccc5C6(c5ccccc5)c5ccccc5)c5ccccc45)nc(-c4ccccc4)n3)cccc21. The minimum absolute atomic E-state index is 0.119. The largest absolute Gasteiger partial charge is 0.228 e. The number of hydrogen-bond acceptors (Lipinski definition) is 2. The quantitative estimate of drug-likeness (QED) is 0.168. The normalized spacial score (nSPS) is 13.9. The van der Waals surface area contributed by atoms with E-state index >= 15 is 0 Å². The molecule has 0 fully saturated rings. The van der Waals surface area contributed by atoms with Gasteiger partial charge in [-0.05, 0) is 83.6 Å². The number of rotatable bonds is 6. The molecular weight excluding hydrogens is 749 g/mol. The fourth-order valence-electron chi connectivity index (χ4n) is 10.9. The van der Waals surface area contributed by atoms with E-state index in [-0.39, 0.29) is 5.41 Å². The van der Waals surface area contributed by atoms with E-state index in [1.807, 2.05) is 6.07 Å². The van der Waals surface area contributed by atoms with E-state index in [9.17, 15) is 0 Å². The van der Waals surface area contributed by atoms with Crippen molar-refractivity contribution >= 4 is 10.8 Å². The van der Waals surface area contributed by atoms with E-state index < -0.39 is 5.41 Å². The van der Waals surface area contributed by atoms with E-state index in [4.69, 9.17) is 9.97 Å². The molecule has 2 aliphatic rings. The van der Waals surface area contributed by atoms with Gasteiger partial charge < -0.3 is 0 Å². The zero-order chi connectivity index (χ0) is 41.4. The summed E-state index contributed by atoms with van der Waals surface area (Å²) in [7, 11) is 0. The van der Waals surface area contributed by atoms with Crippen LogP contribution in [-0.2, 0) is 10.8 Å². The van der Waals surface area contributed by atoms with Crippen LogP contribution in [0.2, 0.25) is 0 Å². The lowest BCUT2D eigenvalue weighted by Crippen LogP contribution is -2.28. The minimum atomic E-state index is -0.473. The highest BCUT2D eigenvalue weighted by molar-refractivity contribution is 6.08. The van der Waals surface area contributed by atoms with Gasteiger partial charge >= 0.3 is 0 Å². The maximum Gasteiger partial charge on any atom is 0.160 e. The van der Waals surface area contributed by atoms with Crippen LogP contribution in [0, 0.1) is 0 Å². The lowest BCUT2D eigenvalue weighted by Gasteiger charge is -2.34. The van der Waals surface area contributed by atoms with Crippen LogP contribution in [0.25, 0.3) is 78.1 Å². The Bertz CT molecular complexity index is 3330. The summed E-state index contributed by atoms with van der Waals surface area (Å²) in [5.41, 5.74) is 19.7. The van der Waals surface area contributed by atoms with Gasteiger partial charge in [0.25, 0.3) is 0 Å². The van der Waals surface area contributed by atoms with Gasteiger partial charge in [0, 0.05) is 22.1 Å². The molecule has 1 heterocycles. The predicted molar refractivity (Wildman–Crippen MR) is 256 cm³/mol. The second-order valence-electron chi connectivity index (χ2n) is 17.2. The summed E-state index contributed by atoms with van der Waals surface area (Å²) in [4.78, 5) is 10.7. The summed E-state index contributed by atoms with van der Waals surface area (Å²) in [6.07, 6.45) is 0. The van der Waals surface area contributed by atoms with Crippen LogP contribution in [0.15, 0.2) is 218 Å². The topological polar surface area (TPSA) is 25.8 Å². The first-order valence-electron chi connectivity index (χ1n) is 21.6. The van der Waals surface area contributed by atoms with E-state index in [0.29, 0.717) is 5.82 Å². The van der Waals surface area contributed by atoms with Crippen molar-refractivity contribution in [1.82, 2.24) is 9.97 Å². The monoisotopic (exact) mass is 790 g/mol. The summed E-state index contributed by atoms with van der Waals surface area (Å²) in [6.45, 7) is 4.67. The Morgan fingerprint density at radius 1 is 0.323 bits per heavy atom. The van der Waals surface area contributed by atoms with Gasteiger partial charge in [-0.2, -0.15) is 0 Å². The van der Waals surface area contributed by atoms with Crippen molar-refractivity contribution in [3.63, 3.8) is 0 Å². The maximum absolute atomic E-state index is 5.38. The first-order valence-corrected chi connectivity index (χ1v) is 21.6. The standard InChI is InChI=1S/C60H42N2/c1-59(2)50-32-16-14-28-47(50)57-49(31-19-34-52(57)59)55-38-54(61-58(62-55)39-20-6-3-7-21-39)45-37-36-44(42-26-12-13-27-43(42)45)46-30-18-35-53-56(46)48-29-15-17-33-51(48)60(53,40-22-8-4-9-23-40)41-24-10-5-11-25-41/h3-38H,1-2H3. The van der Waals surface area contributed by atoms with Crippen LogP contribution in [0.5, 0.6) is 0 Å². The second kappa shape index (κ2) is 13.9. The molecule has 12 rings (SSSR count). The molecule has 0 radical (unpaired) electrons. The van der Waals surface area contributed by atoms with Crippen molar-refractivity contribution in [2.75, 3.05) is 0 Å². The average molecular weight is 791 g/mol. The van der Waals surface area contributed by atoms with Crippen molar-refractivity contribution in [1.29, 1.82) is 0 Å². The summed E-state index contributed by atoms with van der Waals surface area (Å²) in [5.74, 6) is 0.713. The Kier molecular flexibility index (Phi) is 8.14. The molecule has 2 nitrogen and oxygen atoms in total. The Morgan fingerprint density at radius 3 is 1.45 bits per heavy atom. The van der Waals surface area contributed by atoms with Gasteiger partial charge in [-0.25, -0.2) is 9.97 Å². The van der Waals surface area contributed by atoms with E-state index in [0.717, 1.165) is 33.5 Å². The first-order chi connectivity index (χ1) is 30.5. The Hall–Kier alpha value is -7.68.